The Morgan fingerprint density at radius 1 is 1.20 bits per heavy atom. The minimum absolute atomic E-state index is 0.106. The molecular weight excluding hydrogens is 312 g/mol. The van der Waals surface area contributed by atoms with Gasteiger partial charge in [-0.15, -0.1) is 0 Å². The molecule has 2 aliphatic carbocycles. The normalized spacial score (nSPS) is 25.2. The van der Waals surface area contributed by atoms with Gasteiger partial charge in [0, 0.05) is 36.0 Å². The van der Waals surface area contributed by atoms with Crippen molar-refractivity contribution in [1.29, 1.82) is 0 Å². The zero-order valence-electron chi connectivity index (χ0n) is 14.4. The average molecular weight is 336 g/mol. The molecule has 0 bridgehead atoms. The van der Waals surface area contributed by atoms with E-state index in [4.69, 9.17) is 4.98 Å². The number of benzene rings is 1. The first-order valence-corrected chi connectivity index (χ1v) is 9.55. The average Bonchev–Trinajstić information content (AvgIpc) is 3.56. The molecule has 1 atom stereocenters. The summed E-state index contributed by atoms with van der Waals surface area (Å²) >= 11 is 0. The third-order valence-corrected chi connectivity index (χ3v) is 6.19. The van der Waals surface area contributed by atoms with E-state index < -0.39 is 5.60 Å². The second kappa shape index (κ2) is 5.53. The van der Waals surface area contributed by atoms with E-state index in [1.807, 2.05) is 35.2 Å². The molecule has 130 valence electrons. The van der Waals surface area contributed by atoms with Crippen molar-refractivity contribution in [3.63, 3.8) is 0 Å². The smallest absolute Gasteiger partial charge is 0.254 e. The number of carbonyl (C=O) groups excluding carboxylic acids is 1. The summed E-state index contributed by atoms with van der Waals surface area (Å²) in [6, 6.07) is 9.99. The lowest BCUT2D eigenvalue weighted by Crippen LogP contribution is -2.44. The molecule has 3 fully saturated rings. The molecule has 3 aliphatic rings. The van der Waals surface area contributed by atoms with Gasteiger partial charge in [-0.25, -0.2) is 0 Å². The Labute approximate surface area is 147 Å². The van der Waals surface area contributed by atoms with Crippen LogP contribution < -0.4 is 0 Å². The van der Waals surface area contributed by atoms with Crippen LogP contribution >= 0.6 is 0 Å². The van der Waals surface area contributed by atoms with Crippen LogP contribution in [0.5, 0.6) is 0 Å². The van der Waals surface area contributed by atoms with Gasteiger partial charge < -0.3 is 10.0 Å². The third-order valence-electron chi connectivity index (χ3n) is 6.19. The number of para-hydroxylation sites is 1. The maximum atomic E-state index is 13.3. The van der Waals surface area contributed by atoms with E-state index in [0.29, 0.717) is 12.5 Å². The molecule has 1 amide bonds. The lowest BCUT2D eigenvalue weighted by molar-refractivity contribution is 0.0283. The second-order valence-electron chi connectivity index (χ2n) is 8.08. The van der Waals surface area contributed by atoms with Crippen molar-refractivity contribution in [2.24, 2.45) is 5.92 Å². The highest BCUT2D eigenvalue weighted by Gasteiger charge is 2.49. The van der Waals surface area contributed by atoms with E-state index in [2.05, 4.69) is 0 Å². The van der Waals surface area contributed by atoms with Crippen LogP contribution in [-0.4, -0.2) is 39.6 Å². The molecular formula is C21H24N2O2. The summed E-state index contributed by atoms with van der Waals surface area (Å²) in [5, 5.41) is 11.4. The Morgan fingerprint density at radius 3 is 2.76 bits per heavy atom. The summed E-state index contributed by atoms with van der Waals surface area (Å²) in [5.41, 5.74) is 2.27. The first-order chi connectivity index (χ1) is 12.1. The number of likely N-dealkylation sites (tertiary alicyclic amines) is 1. The van der Waals surface area contributed by atoms with Gasteiger partial charge in [0.25, 0.3) is 5.91 Å². The zero-order chi connectivity index (χ0) is 17.0. The second-order valence-corrected chi connectivity index (χ2v) is 8.08. The zero-order valence-corrected chi connectivity index (χ0v) is 14.4. The number of carbonyl (C=O) groups is 1. The lowest BCUT2D eigenvalue weighted by atomic mass is 9.90. The number of amides is 1. The molecule has 2 aromatic rings. The molecule has 1 N–H and O–H groups in total. The van der Waals surface area contributed by atoms with Gasteiger partial charge in [-0.3, -0.25) is 9.78 Å². The first kappa shape index (κ1) is 15.3. The Morgan fingerprint density at radius 2 is 2.00 bits per heavy atom. The molecule has 5 rings (SSSR count). The van der Waals surface area contributed by atoms with Gasteiger partial charge in [0.15, 0.2) is 0 Å². The van der Waals surface area contributed by atoms with Crippen LogP contribution in [0.4, 0.5) is 0 Å². The van der Waals surface area contributed by atoms with Crippen LogP contribution in [0.2, 0.25) is 0 Å². The Hall–Kier alpha value is -1.94. The van der Waals surface area contributed by atoms with Crippen molar-refractivity contribution >= 4 is 16.8 Å². The molecule has 1 saturated heterocycles. The molecule has 2 saturated carbocycles. The maximum Gasteiger partial charge on any atom is 0.254 e. The minimum atomic E-state index is -0.502. The van der Waals surface area contributed by atoms with Crippen LogP contribution in [-0.2, 0) is 0 Å². The maximum absolute atomic E-state index is 13.3. The fraction of sp³-hybridized carbons (Fsp3) is 0.524. The molecule has 0 spiro atoms. The van der Waals surface area contributed by atoms with E-state index in [-0.39, 0.29) is 11.8 Å². The van der Waals surface area contributed by atoms with Gasteiger partial charge in [0.2, 0.25) is 0 Å². The Bertz CT molecular complexity index is 839. The van der Waals surface area contributed by atoms with Gasteiger partial charge in [-0.1, -0.05) is 18.2 Å². The van der Waals surface area contributed by atoms with Gasteiger partial charge in [-0.2, -0.15) is 0 Å². The number of aromatic nitrogens is 1. The minimum Gasteiger partial charge on any atom is -0.390 e. The number of hydrogen-bond acceptors (Lipinski definition) is 3. The molecule has 1 aromatic heterocycles. The Kier molecular flexibility index (Phi) is 3.39. The molecule has 25 heavy (non-hydrogen) atoms. The summed E-state index contributed by atoms with van der Waals surface area (Å²) in [6.07, 6.45) is 6.16. The predicted octanol–water partition coefficient (Wildman–Crippen LogP) is 3.49. The number of piperidine rings is 1. The number of fused-ring (bicyclic) bond motifs is 1. The highest BCUT2D eigenvalue weighted by atomic mass is 16.3. The van der Waals surface area contributed by atoms with Gasteiger partial charge in [0.05, 0.1) is 16.7 Å². The van der Waals surface area contributed by atoms with E-state index in [0.717, 1.165) is 54.4 Å². The third kappa shape index (κ3) is 2.73. The largest absolute Gasteiger partial charge is 0.390 e. The van der Waals surface area contributed by atoms with Crippen molar-refractivity contribution in [2.75, 3.05) is 13.1 Å². The van der Waals surface area contributed by atoms with Crippen molar-refractivity contribution < 1.29 is 9.90 Å². The van der Waals surface area contributed by atoms with Crippen molar-refractivity contribution in [2.45, 2.75) is 50.0 Å². The highest BCUT2D eigenvalue weighted by molar-refractivity contribution is 6.06. The predicted molar refractivity (Wildman–Crippen MR) is 96.5 cm³/mol. The van der Waals surface area contributed by atoms with Crippen LogP contribution in [0.15, 0.2) is 30.3 Å². The summed E-state index contributed by atoms with van der Waals surface area (Å²) < 4.78 is 0. The highest BCUT2D eigenvalue weighted by Crippen LogP contribution is 2.46. The van der Waals surface area contributed by atoms with E-state index >= 15 is 0 Å². The summed E-state index contributed by atoms with van der Waals surface area (Å²) in [6.45, 7) is 1.48. The fourth-order valence-electron chi connectivity index (χ4n) is 4.27. The number of nitrogens with zero attached hydrogens (tertiary/aromatic N) is 2. The summed E-state index contributed by atoms with van der Waals surface area (Å²) in [7, 11) is 0. The molecule has 0 radical (unpaired) electrons. The number of rotatable bonds is 3. The SMILES string of the molecule is O=C(c1cc(C2CC2)nc2ccccc12)N1CCCC(C2(O)CC2)C1. The summed E-state index contributed by atoms with van der Waals surface area (Å²) in [4.78, 5) is 20.1. The van der Waals surface area contributed by atoms with E-state index in [9.17, 15) is 9.90 Å². The molecule has 4 heteroatoms. The fourth-order valence-corrected chi connectivity index (χ4v) is 4.27. The topological polar surface area (TPSA) is 53.4 Å². The van der Waals surface area contributed by atoms with E-state index in [1.54, 1.807) is 0 Å². The van der Waals surface area contributed by atoms with Crippen molar-refractivity contribution in [3.8, 4) is 0 Å². The molecule has 1 unspecified atom stereocenters. The van der Waals surface area contributed by atoms with Crippen LogP contribution in [0.3, 0.4) is 0 Å². The van der Waals surface area contributed by atoms with Gasteiger partial charge in [-0.05, 0) is 50.7 Å². The van der Waals surface area contributed by atoms with Crippen LogP contribution in [0, 0.1) is 5.92 Å². The first-order valence-electron chi connectivity index (χ1n) is 9.55. The molecule has 2 heterocycles. The van der Waals surface area contributed by atoms with Crippen molar-refractivity contribution in [3.05, 3.63) is 41.6 Å². The quantitative estimate of drug-likeness (QED) is 0.933. The standard InChI is InChI=1S/C21H24N2O2/c24-20(23-11-3-4-15(13-23)21(25)9-10-21)17-12-19(14-7-8-14)22-18-6-2-1-5-16(17)18/h1-2,5-6,12,14-15,25H,3-4,7-11,13H2. The monoisotopic (exact) mass is 336 g/mol. The van der Waals surface area contributed by atoms with Gasteiger partial charge in [0.1, 0.15) is 0 Å². The lowest BCUT2D eigenvalue weighted by Gasteiger charge is -2.35. The number of aliphatic hydroxyl groups is 1. The molecule has 4 nitrogen and oxygen atoms in total. The van der Waals surface area contributed by atoms with Gasteiger partial charge >= 0.3 is 0 Å². The number of pyridine rings is 1. The van der Waals surface area contributed by atoms with Crippen molar-refractivity contribution in [1.82, 2.24) is 9.88 Å². The number of hydrogen-bond donors (Lipinski definition) is 1. The summed E-state index contributed by atoms with van der Waals surface area (Å²) in [5.74, 6) is 0.869. The van der Waals surface area contributed by atoms with Crippen LogP contribution in [0.1, 0.15) is 60.5 Å². The van der Waals surface area contributed by atoms with Crippen LogP contribution in [0.25, 0.3) is 10.9 Å². The molecule has 1 aromatic carbocycles. The molecule has 1 aliphatic heterocycles. The Balaban J connectivity index is 1.50. The van der Waals surface area contributed by atoms with E-state index in [1.165, 1.54) is 12.8 Å².